The predicted molar refractivity (Wildman–Crippen MR) is 73.2 cm³/mol. The van der Waals surface area contributed by atoms with Gasteiger partial charge in [0.25, 0.3) is 0 Å². The maximum atomic E-state index is 11.3. The van der Waals surface area contributed by atoms with Crippen LogP contribution in [-0.4, -0.2) is 30.2 Å². The normalized spacial score (nSPS) is 27.1. The topological polar surface area (TPSA) is 64.3 Å². The van der Waals surface area contributed by atoms with Crippen LogP contribution in [0.15, 0.2) is 0 Å². The molecule has 0 aromatic heterocycles. The third kappa shape index (κ3) is 3.23. The molecule has 18 heavy (non-hydrogen) atoms. The van der Waals surface area contributed by atoms with Crippen molar-refractivity contribution < 1.29 is 9.53 Å². The Balaban J connectivity index is 2.51. The monoisotopic (exact) mass is 256 g/mol. The van der Waals surface area contributed by atoms with Gasteiger partial charge in [0, 0.05) is 18.1 Å². The maximum Gasteiger partial charge on any atom is 0.237 e. The highest BCUT2D eigenvalue weighted by atomic mass is 16.5. The van der Waals surface area contributed by atoms with E-state index in [4.69, 9.17) is 10.5 Å². The number of ether oxygens (including phenoxy) is 1. The van der Waals surface area contributed by atoms with Crippen molar-refractivity contribution in [3.63, 3.8) is 0 Å². The average Bonchev–Trinajstić information content (AvgIpc) is 2.21. The van der Waals surface area contributed by atoms with E-state index in [1.807, 2.05) is 13.8 Å². The van der Waals surface area contributed by atoms with Crippen LogP contribution in [0.3, 0.4) is 0 Å². The van der Waals surface area contributed by atoms with Crippen molar-refractivity contribution in [3.8, 4) is 0 Å². The van der Waals surface area contributed by atoms with Gasteiger partial charge in [-0.3, -0.25) is 4.79 Å². The van der Waals surface area contributed by atoms with Crippen molar-refractivity contribution in [2.75, 3.05) is 6.61 Å². The smallest absolute Gasteiger partial charge is 0.237 e. The van der Waals surface area contributed by atoms with Gasteiger partial charge in [-0.05, 0) is 26.2 Å². The molecular formula is C14H28N2O2. The summed E-state index contributed by atoms with van der Waals surface area (Å²) in [6.45, 7) is 13.1. The number of hydrogen-bond acceptors (Lipinski definition) is 3. The number of nitrogens with one attached hydrogen (secondary N) is 1. The number of rotatable bonds is 6. The molecule has 0 radical (unpaired) electrons. The fraction of sp³-hybridized carbons (Fsp3) is 0.929. The number of hydrogen-bond donors (Lipinski definition) is 2. The predicted octanol–water partition coefficient (Wildman–Crippen LogP) is 1.68. The van der Waals surface area contributed by atoms with E-state index in [2.05, 4.69) is 33.0 Å². The Labute approximate surface area is 111 Å². The second-order valence-corrected chi connectivity index (χ2v) is 6.96. The Bertz CT molecular complexity index is 311. The van der Waals surface area contributed by atoms with Crippen LogP contribution in [0.1, 0.15) is 48.0 Å². The molecule has 2 atom stereocenters. The number of nitrogens with two attached hydrogens (primary N) is 1. The third-order valence-electron chi connectivity index (χ3n) is 3.96. The average molecular weight is 256 g/mol. The van der Waals surface area contributed by atoms with E-state index in [-0.39, 0.29) is 23.5 Å². The minimum absolute atomic E-state index is 0.0433. The van der Waals surface area contributed by atoms with Gasteiger partial charge in [0.15, 0.2) is 0 Å². The first-order valence-corrected chi connectivity index (χ1v) is 6.76. The summed E-state index contributed by atoms with van der Waals surface area (Å²) in [5, 5.41) is 3.35. The molecule has 0 bridgehead atoms. The minimum Gasteiger partial charge on any atom is -0.377 e. The quantitative estimate of drug-likeness (QED) is 0.760. The molecule has 0 saturated heterocycles. The van der Waals surface area contributed by atoms with Gasteiger partial charge in [0.2, 0.25) is 5.91 Å². The van der Waals surface area contributed by atoms with E-state index in [9.17, 15) is 4.79 Å². The summed E-state index contributed by atoms with van der Waals surface area (Å²) >= 11 is 0. The van der Waals surface area contributed by atoms with Gasteiger partial charge < -0.3 is 15.8 Å². The molecule has 1 amide bonds. The zero-order valence-electron chi connectivity index (χ0n) is 12.5. The summed E-state index contributed by atoms with van der Waals surface area (Å²) < 4.78 is 5.90. The van der Waals surface area contributed by atoms with Crippen LogP contribution < -0.4 is 11.1 Å². The van der Waals surface area contributed by atoms with Crippen LogP contribution in [0.5, 0.6) is 0 Å². The lowest BCUT2D eigenvalue weighted by atomic mass is 9.64. The molecule has 0 aromatic rings. The van der Waals surface area contributed by atoms with Crippen molar-refractivity contribution >= 4 is 5.91 Å². The van der Waals surface area contributed by atoms with Crippen LogP contribution in [0.25, 0.3) is 0 Å². The molecule has 0 aliphatic heterocycles. The van der Waals surface area contributed by atoms with Crippen LogP contribution in [0.2, 0.25) is 0 Å². The van der Waals surface area contributed by atoms with Crippen LogP contribution >= 0.6 is 0 Å². The Morgan fingerprint density at radius 3 is 2.44 bits per heavy atom. The molecule has 106 valence electrons. The third-order valence-corrected chi connectivity index (χ3v) is 3.96. The first-order valence-electron chi connectivity index (χ1n) is 6.76. The van der Waals surface area contributed by atoms with Crippen LogP contribution in [-0.2, 0) is 9.53 Å². The summed E-state index contributed by atoms with van der Waals surface area (Å²) in [7, 11) is 0. The van der Waals surface area contributed by atoms with Gasteiger partial charge in [-0.15, -0.1) is 0 Å². The molecular weight excluding hydrogens is 228 g/mol. The molecule has 4 heteroatoms. The second-order valence-electron chi connectivity index (χ2n) is 6.96. The maximum absolute atomic E-state index is 11.3. The molecule has 2 unspecified atom stereocenters. The lowest BCUT2D eigenvalue weighted by Gasteiger charge is -2.54. The fourth-order valence-corrected chi connectivity index (χ4v) is 2.23. The molecule has 0 heterocycles. The molecule has 4 nitrogen and oxygen atoms in total. The Morgan fingerprint density at radius 2 is 2.06 bits per heavy atom. The Hall–Kier alpha value is -0.610. The summed E-state index contributed by atoms with van der Waals surface area (Å²) in [5.41, 5.74) is 4.77. The molecule has 3 N–H and O–H groups in total. The number of carbonyl (C=O) groups is 1. The zero-order chi connectivity index (χ0) is 14.1. The largest absolute Gasteiger partial charge is 0.377 e. The first-order chi connectivity index (χ1) is 8.07. The van der Waals surface area contributed by atoms with E-state index in [1.165, 1.54) is 0 Å². The lowest BCUT2D eigenvalue weighted by Crippen LogP contribution is -2.67. The van der Waals surface area contributed by atoms with Gasteiger partial charge in [-0.1, -0.05) is 27.7 Å². The zero-order valence-corrected chi connectivity index (χ0v) is 12.5. The fourth-order valence-electron chi connectivity index (χ4n) is 2.23. The number of primary amides is 1. The van der Waals surface area contributed by atoms with Gasteiger partial charge in [0.1, 0.15) is 0 Å². The minimum atomic E-state index is -0.662. The van der Waals surface area contributed by atoms with E-state index < -0.39 is 5.54 Å². The van der Waals surface area contributed by atoms with Crippen molar-refractivity contribution in [1.82, 2.24) is 5.32 Å². The molecule has 1 saturated carbocycles. The van der Waals surface area contributed by atoms with E-state index >= 15 is 0 Å². The van der Waals surface area contributed by atoms with E-state index in [0.29, 0.717) is 5.92 Å². The lowest BCUT2D eigenvalue weighted by molar-refractivity contribution is -0.137. The Kier molecular flexibility index (Phi) is 4.44. The van der Waals surface area contributed by atoms with E-state index in [1.54, 1.807) is 0 Å². The van der Waals surface area contributed by atoms with Crippen LogP contribution in [0, 0.1) is 11.3 Å². The first kappa shape index (κ1) is 15.4. The van der Waals surface area contributed by atoms with Crippen molar-refractivity contribution in [2.24, 2.45) is 17.1 Å². The van der Waals surface area contributed by atoms with Crippen molar-refractivity contribution in [3.05, 3.63) is 0 Å². The highest BCUT2D eigenvalue weighted by Crippen LogP contribution is 2.43. The Morgan fingerprint density at radius 1 is 1.50 bits per heavy atom. The van der Waals surface area contributed by atoms with Gasteiger partial charge in [0.05, 0.1) is 11.6 Å². The number of carbonyl (C=O) groups excluding carboxylic acids is 1. The highest BCUT2D eigenvalue weighted by Gasteiger charge is 2.50. The van der Waals surface area contributed by atoms with Gasteiger partial charge >= 0.3 is 0 Å². The SMILES string of the molecule is CC(C)COC1CC(NC(C)(C)C(N)=O)C1(C)C. The summed E-state index contributed by atoms with van der Waals surface area (Å²) in [6.07, 6.45) is 1.21. The molecule has 1 fully saturated rings. The molecule has 1 rings (SSSR count). The summed E-state index contributed by atoms with van der Waals surface area (Å²) in [4.78, 5) is 11.3. The van der Waals surface area contributed by atoms with Crippen molar-refractivity contribution in [1.29, 1.82) is 0 Å². The highest BCUT2D eigenvalue weighted by molar-refractivity contribution is 5.83. The van der Waals surface area contributed by atoms with E-state index in [0.717, 1.165) is 13.0 Å². The van der Waals surface area contributed by atoms with Gasteiger partial charge in [-0.2, -0.15) is 0 Å². The standard InChI is InChI=1S/C14H28N2O2/c1-9(2)8-18-11-7-10(13(11,3)4)16-14(5,6)12(15)17/h9-11,16H,7-8H2,1-6H3,(H2,15,17). The summed E-state index contributed by atoms with van der Waals surface area (Å²) in [6, 6.07) is 0.275. The number of amides is 1. The molecule has 1 aliphatic carbocycles. The van der Waals surface area contributed by atoms with Crippen molar-refractivity contribution in [2.45, 2.75) is 65.6 Å². The molecule has 1 aliphatic rings. The summed E-state index contributed by atoms with van der Waals surface area (Å²) in [5.74, 6) is 0.236. The molecule has 0 aromatic carbocycles. The van der Waals surface area contributed by atoms with Crippen LogP contribution in [0.4, 0.5) is 0 Å². The van der Waals surface area contributed by atoms with Gasteiger partial charge in [-0.25, -0.2) is 0 Å². The molecule has 0 spiro atoms. The second kappa shape index (κ2) is 5.17.